The summed E-state index contributed by atoms with van der Waals surface area (Å²) >= 11 is 3.99. The Labute approximate surface area is 145 Å². The zero-order valence-corrected chi connectivity index (χ0v) is 14.4. The van der Waals surface area contributed by atoms with Gasteiger partial charge in [-0.1, -0.05) is 12.1 Å². The Kier molecular flexibility index (Phi) is 5.70. The fourth-order valence-electron chi connectivity index (χ4n) is 2.27. The van der Waals surface area contributed by atoms with Crippen molar-refractivity contribution in [3.63, 3.8) is 0 Å². The molecule has 0 saturated heterocycles. The monoisotopic (exact) mass is 346 g/mol. The molecular formula is C17H18N2O4S. The summed E-state index contributed by atoms with van der Waals surface area (Å²) in [6.07, 6.45) is 0. The number of methoxy groups -OCH3 is 3. The maximum Gasteiger partial charge on any atom is 0.203 e. The summed E-state index contributed by atoms with van der Waals surface area (Å²) in [5.74, 6) is 1.42. The van der Waals surface area contributed by atoms with Crippen molar-refractivity contribution < 1.29 is 19.3 Å². The lowest BCUT2D eigenvalue weighted by molar-refractivity contribution is 0.324. The van der Waals surface area contributed by atoms with Crippen LogP contribution in [0.25, 0.3) is 0 Å². The molecule has 0 fully saturated rings. The Hall–Kier alpha value is -2.67. The van der Waals surface area contributed by atoms with Gasteiger partial charge in [-0.2, -0.15) is 0 Å². The number of benzene rings is 2. The van der Waals surface area contributed by atoms with Crippen molar-refractivity contribution in [2.45, 2.75) is 0 Å². The second-order valence-corrected chi connectivity index (χ2v) is 4.99. The fourth-order valence-corrected chi connectivity index (χ4v) is 2.48. The molecule has 0 unspecified atom stereocenters. The maximum atomic E-state index is 9.61. The standard InChI is InChI=1S/C17H18N2O4S/c1-21-13-8-11(9-14(22-2)17(13)23-3)16(19-24)15(18)10-5-4-6-12(20)7-10/h4-9,18,20,24H,1-3H3. The molecule has 0 saturated carbocycles. The summed E-state index contributed by atoms with van der Waals surface area (Å²) in [6.45, 7) is 0. The summed E-state index contributed by atoms with van der Waals surface area (Å²) in [5.41, 5.74) is 1.50. The molecule has 6 nitrogen and oxygen atoms in total. The van der Waals surface area contributed by atoms with Gasteiger partial charge >= 0.3 is 0 Å². The minimum Gasteiger partial charge on any atom is -0.508 e. The maximum absolute atomic E-state index is 9.61. The minimum atomic E-state index is 0.0701. The first-order chi connectivity index (χ1) is 11.5. The first-order valence-corrected chi connectivity index (χ1v) is 7.36. The lowest BCUT2D eigenvalue weighted by atomic mass is 9.99. The van der Waals surface area contributed by atoms with E-state index >= 15 is 0 Å². The van der Waals surface area contributed by atoms with E-state index in [0.29, 0.717) is 34.1 Å². The number of nitrogens with one attached hydrogen (secondary N) is 1. The number of hydrogen-bond donors (Lipinski definition) is 3. The van der Waals surface area contributed by atoms with E-state index in [1.165, 1.54) is 33.5 Å². The van der Waals surface area contributed by atoms with E-state index in [1.807, 2.05) is 0 Å². The molecule has 0 atom stereocenters. The lowest BCUT2D eigenvalue weighted by Gasteiger charge is -2.15. The van der Waals surface area contributed by atoms with Crippen molar-refractivity contribution in [2.24, 2.45) is 4.40 Å². The molecule has 7 heteroatoms. The van der Waals surface area contributed by atoms with Gasteiger partial charge in [-0.3, -0.25) is 5.41 Å². The highest BCUT2D eigenvalue weighted by Crippen LogP contribution is 2.38. The van der Waals surface area contributed by atoms with Crippen LogP contribution in [0.15, 0.2) is 40.8 Å². The highest BCUT2D eigenvalue weighted by Gasteiger charge is 2.19. The van der Waals surface area contributed by atoms with Crippen LogP contribution in [0, 0.1) is 5.41 Å². The zero-order valence-electron chi connectivity index (χ0n) is 13.5. The molecule has 0 aromatic heterocycles. The molecule has 126 valence electrons. The first kappa shape index (κ1) is 17.7. The van der Waals surface area contributed by atoms with Gasteiger partial charge in [0, 0.05) is 11.1 Å². The highest BCUT2D eigenvalue weighted by molar-refractivity contribution is 7.79. The van der Waals surface area contributed by atoms with E-state index in [4.69, 9.17) is 19.6 Å². The molecule has 2 aromatic rings. The van der Waals surface area contributed by atoms with Crippen molar-refractivity contribution in [3.05, 3.63) is 47.5 Å². The number of hydrogen-bond acceptors (Lipinski definition) is 7. The molecule has 0 aliphatic rings. The predicted octanol–water partition coefficient (Wildman–Crippen LogP) is 3.12. The van der Waals surface area contributed by atoms with Crippen LogP contribution < -0.4 is 14.2 Å². The van der Waals surface area contributed by atoms with Gasteiger partial charge in [-0.05, 0) is 37.1 Å². The molecule has 0 amide bonds. The Balaban J connectivity index is 2.53. The van der Waals surface area contributed by atoms with Gasteiger partial charge in [-0.15, -0.1) is 0 Å². The molecule has 2 N–H and O–H groups in total. The van der Waals surface area contributed by atoms with Crippen LogP contribution in [0.1, 0.15) is 11.1 Å². The number of nitrogens with zero attached hydrogens (tertiary/aromatic N) is 1. The van der Waals surface area contributed by atoms with Crippen LogP contribution in [0.2, 0.25) is 0 Å². The van der Waals surface area contributed by atoms with Crippen molar-refractivity contribution in [1.82, 2.24) is 0 Å². The second kappa shape index (κ2) is 7.74. The molecule has 0 aliphatic heterocycles. The number of thiol groups is 1. The molecule has 0 radical (unpaired) electrons. The topological polar surface area (TPSA) is 84.1 Å². The van der Waals surface area contributed by atoms with E-state index in [9.17, 15) is 5.11 Å². The molecule has 2 rings (SSSR count). The van der Waals surface area contributed by atoms with Gasteiger partial charge in [0.25, 0.3) is 0 Å². The van der Waals surface area contributed by atoms with Crippen LogP contribution in [0.5, 0.6) is 23.0 Å². The molecule has 0 aliphatic carbocycles. The number of phenols is 1. The number of rotatable bonds is 6. The minimum absolute atomic E-state index is 0.0701. The zero-order chi connectivity index (χ0) is 17.7. The van der Waals surface area contributed by atoms with Gasteiger partial charge in [0.05, 0.1) is 27.0 Å². The first-order valence-electron chi connectivity index (χ1n) is 6.96. The summed E-state index contributed by atoms with van der Waals surface area (Å²) in [5, 5.41) is 18.0. The summed E-state index contributed by atoms with van der Waals surface area (Å²) in [7, 11) is 4.54. The van der Waals surface area contributed by atoms with E-state index < -0.39 is 0 Å². The van der Waals surface area contributed by atoms with Crippen molar-refractivity contribution in [2.75, 3.05) is 21.3 Å². The van der Waals surface area contributed by atoms with E-state index in [1.54, 1.807) is 24.3 Å². The van der Waals surface area contributed by atoms with Gasteiger partial charge in [0.2, 0.25) is 5.75 Å². The van der Waals surface area contributed by atoms with Crippen molar-refractivity contribution in [3.8, 4) is 23.0 Å². The third-order valence-electron chi connectivity index (χ3n) is 3.41. The Bertz CT molecular complexity index is 765. The van der Waals surface area contributed by atoms with E-state index in [-0.39, 0.29) is 11.5 Å². The number of phenolic OH excluding ortho intramolecular Hbond substituents is 1. The van der Waals surface area contributed by atoms with E-state index in [2.05, 4.69) is 17.2 Å². The second-order valence-electron chi connectivity index (χ2n) is 4.79. The normalized spacial score (nSPS) is 11.1. The van der Waals surface area contributed by atoms with Gasteiger partial charge in [0.15, 0.2) is 11.5 Å². The molecule has 0 spiro atoms. The largest absolute Gasteiger partial charge is 0.508 e. The number of aromatic hydroxyl groups is 1. The third-order valence-corrected chi connectivity index (χ3v) is 3.61. The smallest absolute Gasteiger partial charge is 0.203 e. The third kappa shape index (κ3) is 3.46. The van der Waals surface area contributed by atoms with Crippen LogP contribution in [0.3, 0.4) is 0 Å². The van der Waals surface area contributed by atoms with Gasteiger partial charge in [-0.25, -0.2) is 4.40 Å². The average molecular weight is 346 g/mol. The highest BCUT2D eigenvalue weighted by atomic mass is 32.1. The number of ether oxygens (including phenoxy) is 3. The van der Waals surface area contributed by atoms with Gasteiger partial charge in [0.1, 0.15) is 11.5 Å². The SMILES string of the molecule is COc1cc(C(=NS)C(=N)c2cccc(O)c2)cc(OC)c1OC. The van der Waals surface area contributed by atoms with Crippen LogP contribution in [-0.2, 0) is 0 Å². The van der Waals surface area contributed by atoms with Crippen LogP contribution >= 0.6 is 12.8 Å². The lowest BCUT2D eigenvalue weighted by Crippen LogP contribution is -2.16. The Morgan fingerprint density at radius 1 is 1.00 bits per heavy atom. The quantitative estimate of drug-likeness (QED) is 0.554. The molecular weight excluding hydrogens is 328 g/mol. The molecule has 24 heavy (non-hydrogen) atoms. The molecule has 0 heterocycles. The summed E-state index contributed by atoms with van der Waals surface area (Å²) in [6, 6.07) is 9.76. The summed E-state index contributed by atoms with van der Waals surface area (Å²) in [4.78, 5) is 0. The molecule has 2 aromatic carbocycles. The van der Waals surface area contributed by atoms with E-state index in [0.717, 1.165) is 0 Å². The summed E-state index contributed by atoms with van der Waals surface area (Å²) < 4.78 is 19.9. The van der Waals surface area contributed by atoms with Gasteiger partial charge < -0.3 is 19.3 Å². The Morgan fingerprint density at radius 2 is 1.62 bits per heavy atom. The van der Waals surface area contributed by atoms with Crippen molar-refractivity contribution in [1.29, 1.82) is 5.41 Å². The molecule has 0 bridgehead atoms. The average Bonchev–Trinajstić information content (AvgIpc) is 2.61. The Morgan fingerprint density at radius 3 is 2.08 bits per heavy atom. The fraction of sp³-hybridized carbons (Fsp3) is 0.176. The predicted molar refractivity (Wildman–Crippen MR) is 96.6 cm³/mol. The van der Waals surface area contributed by atoms with Crippen LogP contribution in [-0.4, -0.2) is 37.9 Å². The van der Waals surface area contributed by atoms with Crippen molar-refractivity contribution >= 4 is 24.2 Å². The van der Waals surface area contributed by atoms with Crippen LogP contribution in [0.4, 0.5) is 0 Å².